The molecular formula is C27H27N3O4. The van der Waals surface area contributed by atoms with Crippen LogP contribution in [0.1, 0.15) is 30.4 Å². The van der Waals surface area contributed by atoms with Crippen LogP contribution in [0.15, 0.2) is 68.4 Å². The number of benzene rings is 2. The van der Waals surface area contributed by atoms with Crippen LogP contribution >= 0.6 is 0 Å². The van der Waals surface area contributed by atoms with E-state index in [1.807, 2.05) is 30.3 Å². The van der Waals surface area contributed by atoms with Crippen molar-refractivity contribution in [2.75, 3.05) is 26.2 Å². The van der Waals surface area contributed by atoms with Crippen LogP contribution in [0.5, 0.6) is 5.75 Å². The van der Waals surface area contributed by atoms with Gasteiger partial charge < -0.3 is 23.8 Å². The zero-order valence-electron chi connectivity index (χ0n) is 19.0. The molecule has 1 aliphatic heterocycles. The first-order valence-corrected chi connectivity index (χ1v) is 11.7. The zero-order chi connectivity index (χ0) is 23.3. The maximum absolute atomic E-state index is 11.6. The van der Waals surface area contributed by atoms with Crippen molar-refractivity contribution in [1.82, 2.24) is 10.2 Å². The molecule has 5 rings (SSSR count). The topological polar surface area (TPSA) is 91.6 Å². The molecule has 0 bridgehead atoms. The van der Waals surface area contributed by atoms with Crippen molar-refractivity contribution in [3.63, 3.8) is 0 Å². The summed E-state index contributed by atoms with van der Waals surface area (Å²) in [5, 5.41) is 14.2. The Bertz CT molecular complexity index is 1360. The van der Waals surface area contributed by atoms with Crippen molar-refractivity contribution >= 4 is 21.9 Å². The van der Waals surface area contributed by atoms with Gasteiger partial charge in [0.05, 0.1) is 35.3 Å². The molecule has 0 atom stereocenters. The van der Waals surface area contributed by atoms with Crippen LogP contribution in [0, 0.1) is 11.3 Å². The third-order valence-corrected chi connectivity index (χ3v) is 6.44. The van der Waals surface area contributed by atoms with E-state index in [1.165, 1.54) is 11.6 Å². The fourth-order valence-electron chi connectivity index (χ4n) is 4.55. The van der Waals surface area contributed by atoms with E-state index in [0.29, 0.717) is 35.1 Å². The number of nitriles is 1. The molecule has 0 aliphatic carbocycles. The number of nitrogens with zero attached hydrogens (tertiary/aromatic N) is 2. The monoisotopic (exact) mass is 457 g/mol. The van der Waals surface area contributed by atoms with Gasteiger partial charge in [0, 0.05) is 31.3 Å². The fourth-order valence-corrected chi connectivity index (χ4v) is 4.55. The van der Waals surface area contributed by atoms with Crippen molar-refractivity contribution < 1.29 is 13.6 Å². The maximum atomic E-state index is 11.6. The van der Waals surface area contributed by atoms with E-state index in [2.05, 4.69) is 16.3 Å². The lowest BCUT2D eigenvalue weighted by atomic mass is 10.0. The molecule has 0 radical (unpaired) electrons. The normalized spacial score (nSPS) is 15.0. The van der Waals surface area contributed by atoms with Gasteiger partial charge in [0.1, 0.15) is 16.9 Å². The van der Waals surface area contributed by atoms with Crippen molar-refractivity contribution in [2.24, 2.45) is 0 Å². The van der Waals surface area contributed by atoms with E-state index in [0.717, 1.165) is 56.2 Å². The zero-order valence-corrected chi connectivity index (χ0v) is 19.0. The first-order chi connectivity index (χ1) is 16.7. The van der Waals surface area contributed by atoms with Crippen LogP contribution in [-0.4, -0.2) is 37.2 Å². The average molecular weight is 458 g/mol. The number of piperidine rings is 1. The molecule has 4 aromatic rings. The highest BCUT2D eigenvalue weighted by Gasteiger charge is 2.19. The van der Waals surface area contributed by atoms with Gasteiger partial charge in [-0.15, -0.1) is 0 Å². The molecule has 2 aromatic carbocycles. The summed E-state index contributed by atoms with van der Waals surface area (Å²) in [7, 11) is 0. The van der Waals surface area contributed by atoms with Gasteiger partial charge in [0.2, 0.25) is 0 Å². The standard InChI is InChI=1S/C27H27N3O4/c28-17-19-2-4-20(5-3-19)18-29-21-8-12-30(13-9-21)11-1-14-33-27-22-6-7-26(31)34-25(22)16-24-23(27)10-15-32-24/h2-7,10,15-16,21,29H,1,8-9,11-14,18H2. The third-order valence-electron chi connectivity index (χ3n) is 6.44. The van der Waals surface area contributed by atoms with Crippen molar-refractivity contribution in [3.05, 3.63) is 76.3 Å². The predicted octanol–water partition coefficient (Wildman–Crippen LogP) is 4.43. The number of fused-ring (bicyclic) bond motifs is 2. The Morgan fingerprint density at radius 3 is 2.65 bits per heavy atom. The molecule has 1 saturated heterocycles. The number of hydrogen-bond acceptors (Lipinski definition) is 7. The highest BCUT2D eigenvalue weighted by atomic mass is 16.5. The first kappa shape index (κ1) is 22.2. The van der Waals surface area contributed by atoms with E-state index >= 15 is 0 Å². The molecule has 34 heavy (non-hydrogen) atoms. The lowest BCUT2D eigenvalue weighted by molar-refractivity contribution is 0.182. The van der Waals surface area contributed by atoms with E-state index in [4.69, 9.17) is 18.8 Å². The van der Waals surface area contributed by atoms with Gasteiger partial charge >= 0.3 is 5.63 Å². The van der Waals surface area contributed by atoms with E-state index in [-0.39, 0.29) is 5.63 Å². The molecule has 0 unspecified atom stereocenters. The van der Waals surface area contributed by atoms with Crippen LogP contribution in [0.3, 0.4) is 0 Å². The van der Waals surface area contributed by atoms with Gasteiger partial charge in [-0.25, -0.2) is 4.79 Å². The Morgan fingerprint density at radius 2 is 1.85 bits per heavy atom. The second kappa shape index (κ2) is 10.1. The van der Waals surface area contributed by atoms with Gasteiger partial charge in [0.15, 0.2) is 0 Å². The summed E-state index contributed by atoms with van der Waals surface area (Å²) in [5.41, 5.74) is 2.63. The molecule has 2 aromatic heterocycles. The van der Waals surface area contributed by atoms with Crippen LogP contribution in [0.2, 0.25) is 0 Å². The molecule has 0 saturated carbocycles. The summed E-state index contributed by atoms with van der Waals surface area (Å²) < 4.78 is 17.0. The van der Waals surface area contributed by atoms with Crippen molar-refractivity contribution in [3.8, 4) is 11.8 Å². The van der Waals surface area contributed by atoms with Gasteiger partial charge in [-0.1, -0.05) is 12.1 Å². The van der Waals surface area contributed by atoms with Gasteiger partial charge in [0.25, 0.3) is 0 Å². The molecule has 0 spiro atoms. The lowest BCUT2D eigenvalue weighted by Crippen LogP contribution is -2.42. The van der Waals surface area contributed by atoms with Crippen molar-refractivity contribution in [1.29, 1.82) is 5.26 Å². The summed E-state index contributed by atoms with van der Waals surface area (Å²) in [5.74, 6) is 0.704. The molecule has 1 aliphatic rings. The Hall–Kier alpha value is -3.60. The average Bonchev–Trinajstić information content (AvgIpc) is 3.34. The number of rotatable bonds is 8. The van der Waals surface area contributed by atoms with Gasteiger partial charge in [-0.05, 0) is 62.2 Å². The number of furan rings is 1. The van der Waals surface area contributed by atoms with Crippen molar-refractivity contribution in [2.45, 2.75) is 31.8 Å². The number of likely N-dealkylation sites (tertiary alicyclic amines) is 1. The molecular weight excluding hydrogens is 430 g/mol. The molecule has 7 heteroatoms. The predicted molar refractivity (Wildman–Crippen MR) is 130 cm³/mol. The second-order valence-electron chi connectivity index (χ2n) is 8.71. The van der Waals surface area contributed by atoms with E-state index in [1.54, 1.807) is 18.4 Å². The largest absolute Gasteiger partial charge is 0.492 e. The smallest absolute Gasteiger partial charge is 0.336 e. The van der Waals surface area contributed by atoms with Crippen LogP contribution in [0.4, 0.5) is 0 Å². The molecule has 3 heterocycles. The SMILES string of the molecule is N#Cc1ccc(CNC2CCN(CCCOc3c4ccoc4cc4oc(=O)ccc34)CC2)cc1. The minimum Gasteiger partial charge on any atom is -0.492 e. The highest BCUT2D eigenvalue weighted by Crippen LogP contribution is 2.35. The molecule has 7 nitrogen and oxygen atoms in total. The Kier molecular flexibility index (Phi) is 6.61. The molecule has 0 amide bonds. The molecule has 1 fully saturated rings. The third kappa shape index (κ3) is 4.98. The Morgan fingerprint density at radius 1 is 1.06 bits per heavy atom. The Balaban J connectivity index is 1.09. The maximum Gasteiger partial charge on any atom is 0.336 e. The second-order valence-corrected chi connectivity index (χ2v) is 8.71. The number of ether oxygens (including phenoxy) is 1. The summed E-state index contributed by atoms with van der Waals surface area (Å²) in [4.78, 5) is 14.1. The quantitative estimate of drug-likeness (QED) is 0.309. The summed E-state index contributed by atoms with van der Waals surface area (Å²) in [6.07, 6.45) is 4.77. The van der Waals surface area contributed by atoms with Gasteiger partial charge in [-0.2, -0.15) is 5.26 Å². The summed E-state index contributed by atoms with van der Waals surface area (Å²) >= 11 is 0. The molecule has 1 N–H and O–H groups in total. The van der Waals surface area contributed by atoms with Crippen LogP contribution in [0.25, 0.3) is 21.9 Å². The number of nitrogens with one attached hydrogen (secondary N) is 1. The summed E-state index contributed by atoms with van der Waals surface area (Å²) in [6, 6.07) is 17.2. The Labute approximate surface area is 197 Å². The minimum atomic E-state index is -0.390. The highest BCUT2D eigenvalue weighted by molar-refractivity contribution is 6.01. The number of hydrogen-bond donors (Lipinski definition) is 1. The van der Waals surface area contributed by atoms with Crippen LogP contribution in [-0.2, 0) is 6.54 Å². The fraction of sp³-hybridized carbons (Fsp3) is 0.333. The van der Waals surface area contributed by atoms with E-state index in [9.17, 15) is 4.79 Å². The molecule has 174 valence electrons. The van der Waals surface area contributed by atoms with Gasteiger partial charge in [-0.3, -0.25) is 0 Å². The van der Waals surface area contributed by atoms with E-state index < -0.39 is 0 Å². The lowest BCUT2D eigenvalue weighted by Gasteiger charge is -2.32. The minimum absolute atomic E-state index is 0.390. The first-order valence-electron chi connectivity index (χ1n) is 11.7. The summed E-state index contributed by atoms with van der Waals surface area (Å²) in [6.45, 7) is 4.52. The van der Waals surface area contributed by atoms with Crippen LogP contribution < -0.4 is 15.7 Å².